The molecule has 4 nitrogen and oxygen atoms in total. The molecule has 0 saturated heterocycles. The van der Waals surface area contributed by atoms with Crippen molar-refractivity contribution < 1.29 is 0 Å². The number of aromatic amines is 2. The lowest BCUT2D eigenvalue weighted by Gasteiger charge is -2.38. The fraction of sp³-hybridized carbons (Fsp3) is 0.250. The number of hydrogen-bond acceptors (Lipinski definition) is 2. The number of hydrogen-bond donors (Lipinski definition) is 2. The van der Waals surface area contributed by atoms with Gasteiger partial charge in [-0.25, -0.2) is 9.97 Å². The number of H-pyrrole nitrogens is 2. The van der Waals surface area contributed by atoms with Crippen LogP contribution in [0.2, 0.25) is 0 Å². The van der Waals surface area contributed by atoms with Gasteiger partial charge in [0, 0.05) is 22.1 Å². The quantitative estimate of drug-likeness (QED) is 0.157. The zero-order valence-electron chi connectivity index (χ0n) is 38.8. The van der Waals surface area contributed by atoms with Crippen molar-refractivity contribution in [2.24, 2.45) is 5.92 Å². The Kier molecular flexibility index (Phi) is 9.62. The maximum absolute atomic E-state index is 4.99. The van der Waals surface area contributed by atoms with Crippen molar-refractivity contribution in [3.05, 3.63) is 189 Å². The average Bonchev–Trinajstić information content (AvgIpc) is 4.20. The van der Waals surface area contributed by atoms with Crippen molar-refractivity contribution in [2.75, 3.05) is 0 Å². The summed E-state index contributed by atoms with van der Waals surface area (Å²) in [7, 11) is 0. The molecule has 3 aromatic heterocycles. The van der Waals surface area contributed by atoms with E-state index in [9.17, 15) is 0 Å². The van der Waals surface area contributed by atoms with Crippen LogP contribution in [0.1, 0.15) is 118 Å². The third kappa shape index (κ3) is 7.11. The van der Waals surface area contributed by atoms with Crippen LogP contribution in [0, 0.1) is 5.92 Å². The van der Waals surface area contributed by atoms with E-state index < -0.39 is 0 Å². The van der Waals surface area contributed by atoms with Crippen LogP contribution in [0.5, 0.6) is 0 Å². The largest absolute Gasteiger partial charge is 0.355 e. The number of rotatable bonds is 7. The Morgan fingerprint density at radius 3 is 2.15 bits per heavy atom. The van der Waals surface area contributed by atoms with Gasteiger partial charge in [0.1, 0.15) is 0 Å². The van der Waals surface area contributed by atoms with E-state index in [1.54, 1.807) is 27.6 Å². The van der Waals surface area contributed by atoms with Crippen LogP contribution in [0.25, 0.3) is 89.8 Å². The van der Waals surface area contributed by atoms with E-state index in [0.717, 1.165) is 82.4 Å². The zero-order valence-corrected chi connectivity index (χ0v) is 38.8. The smallest absolute Gasteiger partial charge is 0.0659 e. The third-order valence-corrected chi connectivity index (χ3v) is 16.5. The third-order valence-electron chi connectivity index (χ3n) is 16.5. The van der Waals surface area contributed by atoms with Crippen molar-refractivity contribution in [1.29, 1.82) is 0 Å². The van der Waals surface area contributed by atoms with E-state index >= 15 is 0 Å². The highest BCUT2D eigenvalue weighted by Gasteiger charge is 2.32. The molecule has 6 aromatic carbocycles. The molecule has 68 heavy (non-hydrogen) atoms. The summed E-state index contributed by atoms with van der Waals surface area (Å²) in [6, 6.07) is 46.8. The summed E-state index contributed by atoms with van der Waals surface area (Å²) in [6.45, 7) is 0. The van der Waals surface area contributed by atoms with E-state index in [1.165, 1.54) is 125 Å². The first-order valence-corrected chi connectivity index (χ1v) is 25.6. The number of nitrogens with zero attached hydrogens (tertiary/aromatic N) is 2. The van der Waals surface area contributed by atoms with Gasteiger partial charge in [0.05, 0.1) is 22.8 Å². The summed E-state index contributed by atoms with van der Waals surface area (Å²) >= 11 is 0. The highest BCUT2D eigenvalue weighted by molar-refractivity contribution is 6.25. The molecular weight excluding hydrogens is 825 g/mol. The Morgan fingerprint density at radius 2 is 1.24 bits per heavy atom. The van der Waals surface area contributed by atoms with E-state index in [1.807, 2.05) is 0 Å². The van der Waals surface area contributed by atoms with Crippen molar-refractivity contribution in [3.63, 3.8) is 0 Å². The molecule has 4 heteroatoms. The molecule has 5 aliphatic rings. The molecule has 8 bridgehead atoms. The fourth-order valence-corrected chi connectivity index (χ4v) is 13.4. The second-order valence-corrected chi connectivity index (χ2v) is 20.6. The summed E-state index contributed by atoms with van der Waals surface area (Å²) < 4.78 is 0. The topological polar surface area (TPSA) is 57.4 Å². The lowest BCUT2D eigenvalue weighted by molar-refractivity contribution is 0.276. The van der Waals surface area contributed by atoms with E-state index in [2.05, 4.69) is 156 Å². The van der Waals surface area contributed by atoms with Crippen molar-refractivity contribution >= 4 is 78.7 Å². The number of aromatic nitrogens is 4. The minimum atomic E-state index is 0.765. The summed E-state index contributed by atoms with van der Waals surface area (Å²) in [4.78, 5) is 17.2. The number of fused-ring (bicyclic) bond motifs is 13. The van der Waals surface area contributed by atoms with Crippen LogP contribution in [-0.4, -0.2) is 19.9 Å². The molecule has 0 amide bonds. The Balaban J connectivity index is 0.825. The monoisotopic (exact) mass is 880 g/mol. The standard InChI is InChI=1S/C64H56N4/c1-3-13-55-40(9-1)22-29-60-56(15-7-17-59(55)60)41-11-5-8-39(30-41)18-19-46-33-45-12-6-16-58-43(32-47-31-42-10-2-4-14-57(42)63(46)64(47)62(45)58)20-21-44-34-54-37-52-26-25-50(66-52)35-48-23-24-49(65-48)36-51-27-28-53(67-51)38-61(44)68-54/h5-8,11-12,15-17,23-28,30-38,40,55,66,68H,1-4,9-10,13-14,18-22,29H2. The van der Waals surface area contributed by atoms with Gasteiger partial charge in [-0.3, -0.25) is 0 Å². The predicted octanol–water partition coefficient (Wildman–Crippen LogP) is 15.9. The minimum Gasteiger partial charge on any atom is -0.355 e. The second-order valence-electron chi connectivity index (χ2n) is 20.6. The van der Waals surface area contributed by atoms with Crippen molar-refractivity contribution in [2.45, 2.75) is 95.8 Å². The zero-order chi connectivity index (χ0) is 44.7. The van der Waals surface area contributed by atoms with E-state index in [-0.39, 0.29) is 0 Å². The van der Waals surface area contributed by atoms with Gasteiger partial charge in [-0.05, 0) is 244 Å². The fourth-order valence-electron chi connectivity index (χ4n) is 13.4. The number of nitrogens with one attached hydrogen (secondary N) is 2. The maximum atomic E-state index is 4.99. The molecule has 3 aliphatic carbocycles. The minimum absolute atomic E-state index is 0.765. The lowest BCUT2D eigenvalue weighted by Crippen LogP contribution is -2.24. The number of benzene rings is 6. The first-order chi connectivity index (χ1) is 33.6. The molecule has 1 saturated carbocycles. The SMILES string of the molecule is C1=Cc2cc3ccc(cc4cc(CCc5cc6cc7c(c8c(CCc9cccc(-c%10cccc%11c%10CCC%10CCCCC%11%10)c9)cc9cccc5c9c68)CCCC7)c(cc5nc(cc1n2)C=C5)[nH]4)[nH]3. The van der Waals surface area contributed by atoms with Gasteiger partial charge in [-0.2, -0.15) is 0 Å². The highest BCUT2D eigenvalue weighted by Crippen LogP contribution is 2.48. The Labute approximate surface area is 398 Å². The molecule has 2 atom stereocenters. The molecule has 2 unspecified atom stereocenters. The molecule has 0 radical (unpaired) electrons. The molecule has 5 heterocycles. The molecule has 1 fully saturated rings. The lowest BCUT2D eigenvalue weighted by atomic mass is 9.67. The summed E-state index contributed by atoms with van der Waals surface area (Å²) in [5.74, 6) is 1.66. The Hall–Kier alpha value is -7.04. The van der Waals surface area contributed by atoms with Crippen LogP contribution >= 0.6 is 0 Å². The summed E-state index contributed by atoms with van der Waals surface area (Å²) in [5.41, 5.74) is 23.0. The van der Waals surface area contributed by atoms with E-state index in [4.69, 9.17) is 9.97 Å². The van der Waals surface area contributed by atoms with Crippen LogP contribution in [0.15, 0.2) is 121 Å². The van der Waals surface area contributed by atoms with Crippen LogP contribution < -0.4 is 0 Å². The molecule has 2 N–H and O–H groups in total. The Bertz CT molecular complexity index is 3730. The first kappa shape index (κ1) is 40.1. The highest BCUT2D eigenvalue weighted by atomic mass is 14.8. The summed E-state index contributed by atoms with van der Waals surface area (Å²) in [5, 5.41) is 8.69. The van der Waals surface area contributed by atoms with Gasteiger partial charge in [0.15, 0.2) is 0 Å². The predicted molar refractivity (Wildman–Crippen MR) is 285 cm³/mol. The molecule has 14 rings (SSSR count). The average molecular weight is 881 g/mol. The van der Waals surface area contributed by atoms with E-state index in [0.29, 0.717) is 0 Å². The second kappa shape index (κ2) is 16.3. The van der Waals surface area contributed by atoms with Gasteiger partial charge < -0.3 is 9.97 Å². The molecular formula is C64H56N4. The van der Waals surface area contributed by atoms with Crippen molar-refractivity contribution in [1.82, 2.24) is 19.9 Å². The number of aryl methyl sites for hydroxylation is 6. The Morgan fingerprint density at radius 1 is 0.471 bits per heavy atom. The summed E-state index contributed by atoms with van der Waals surface area (Å²) in [6.07, 6.45) is 25.3. The van der Waals surface area contributed by atoms with Crippen LogP contribution in [0.3, 0.4) is 0 Å². The normalized spacial score (nSPS) is 17.5. The van der Waals surface area contributed by atoms with Crippen LogP contribution in [-0.2, 0) is 44.9 Å². The van der Waals surface area contributed by atoms with Gasteiger partial charge in [-0.15, -0.1) is 0 Å². The van der Waals surface area contributed by atoms with Crippen LogP contribution in [0.4, 0.5) is 0 Å². The van der Waals surface area contributed by atoms with Gasteiger partial charge in [-0.1, -0.05) is 91.7 Å². The molecule has 332 valence electrons. The molecule has 9 aromatic rings. The maximum Gasteiger partial charge on any atom is 0.0659 e. The van der Waals surface area contributed by atoms with Gasteiger partial charge in [0.2, 0.25) is 0 Å². The molecule has 0 spiro atoms. The first-order valence-electron chi connectivity index (χ1n) is 25.6. The van der Waals surface area contributed by atoms with Gasteiger partial charge >= 0.3 is 0 Å². The molecule has 2 aliphatic heterocycles. The van der Waals surface area contributed by atoms with Gasteiger partial charge in [0.25, 0.3) is 0 Å². The van der Waals surface area contributed by atoms with Crippen molar-refractivity contribution in [3.8, 4) is 11.1 Å².